The van der Waals surface area contributed by atoms with Crippen LogP contribution >= 0.6 is 0 Å². The first-order chi connectivity index (χ1) is 12.8. The van der Waals surface area contributed by atoms with Crippen molar-refractivity contribution in [1.82, 2.24) is 0 Å². The summed E-state index contributed by atoms with van der Waals surface area (Å²) in [6.07, 6.45) is 0. The lowest BCUT2D eigenvalue weighted by molar-refractivity contribution is -0.125. The molecule has 0 atom stereocenters. The quantitative estimate of drug-likeness (QED) is 0.848. The third-order valence-electron chi connectivity index (χ3n) is 4.49. The van der Waals surface area contributed by atoms with Crippen molar-refractivity contribution in [3.05, 3.63) is 47.5 Å². The first-order valence-electron chi connectivity index (χ1n) is 8.48. The highest BCUT2D eigenvalue weighted by atomic mass is 32.2. The normalized spacial score (nSPS) is 14.9. The molecule has 2 aromatic rings. The average molecular weight is 390 g/mol. The zero-order valence-corrected chi connectivity index (χ0v) is 16.3. The van der Waals surface area contributed by atoms with Crippen molar-refractivity contribution in [1.29, 1.82) is 0 Å². The third kappa shape index (κ3) is 4.06. The fraction of sp³-hybridized carbons (Fsp3) is 0.316. The summed E-state index contributed by atoms with van der Waals surface area (Å²) < 4.78 is 38.5. The number of hydrogen-bond acceptors (Lipinski definition) is 5. The van der Waals surface area contributed by atoms with E-state index in [9.17, 15) is 13.2 Å². The summed E-state index contributed by atoms with van der Waals surface area (Å²) in [5.74, 6) is 0.176. The molecule has 1 heterocycles. The highest BCUT2D eigenvalue weighted by molar-refractivity contribution is 7.92. The van der Waals surface area contributed by atoms with Crippen LogP contribution in [0.25, 0.3) is 0 Å². The van der Waals surface area contributed by atoms with Crippen molar-refractivity contribution >= 4 is 27.3 Å². The molecule has 2 aromatic carbocycles. The second-order valence-corrected chi connectivity index (χ2v) is 7.99. The molecule has 0 bridgehead atoms. The smallest absolute Gasteiger partial charge is 0.265 e. The molecule has 8 heteroatoms. The van der Waals surface area contributed by atoms with Gasteiger partial charge in [-0.25, -0.2) is 8.42 Å². The summed E-state index contributed by atoms with van der Waals surface area (Å²) in [7, 11) is -2.38. The van der Waals surface area contributed by atoms with Gasteiger partial charge in [-0.2, -0.15) is 0 Å². The van der Waals surface area contributed by atoms with E-state index in [1.165, 1.54) is 7.11 Å². The van der Waals surface area contributed by atoms with Crippen molar-refractivity contribution in [3.8, 4) is 5.75 Å². The predicted molar refractivity (Wildman–Crippen MR) is 103 cm³/mol. The van der Waals surface area contributed by atoms with E-state index in [1.54, 1.807) is 41.3 Å². The van der Waals surface area contributed by atoms with Gasteiger partial charge in [0.2, 0.25) is 0 Å². The Bertz CT molecular complexity index is 955. The molecule has 1 aliphatic heterocycles. The number of hydrogen-bond donors (Lipinski definition) is 1. The van der Waals surface area contributed by atoms with Gasteiger partial charge in [0.05, 0.1) is 13.7 Å². The standard InChI is InChI=1S/C19H22N2O5S/c1-13-10-17(25-3)18(11-14(13)2)27(23,24)20-15-4-6-16(7-5-15)21-8-9-26-12-19(21)22/h4-7,10-11,20H,8-9,12H2,1-3H3. The van der Waals surface area contributed by atoms with Gasteiger partial charge < -0.3 is 14.4 Å². The molecule has 0 unspecified atom stereocenters. The highest BCUT2D eigenvalue weighted by Gasteiger charge is 2.22. The van der Waals surface area contributed by atoms with E-state index in [4.69, 9.17) is 9.47 Å². The third-order valence-corrected chi connectivity index (χ3v) is 5.89. The number of rotatable bonds is 5. The van der Waals surface area contributed by atoms with Crippen molar-refractivity contribution in [2.24, 2.45) is 0 Å². The minimum Gasteiger partial charge on any atom is -0.495 e. The summed E-state index contributed by atoms with van der Waals surface area (Å²) in [5.41, 5.74) is 2.91. The van der Waals surface area contributed by atoms with E-state index in [1.807, 2.05) is 13.8 Å². The van der Waals surface area contributed by atoms with Gasteiger partial charge >= 0.3 is 0 Å². The molecule has 1 saturated heterocycles. The SMILES string of the molecule is COc1cc(C)c(C)cc1S(=O)(=O)Nc1ccc(N2CCOCC2=O)cc1. The van der Waals surface area contributed by atoms with Gasteiger partial charge in [-0.05, 0) is 61.4 Å². The Morgan fingerprint density at radius 2 is 1.78 bits per heavy atom. The maximum Gasteiger partial charge on any atom is 0.265 e. The van der Waals surface area contributed by atoms with Crippen molar-refractivity contribution < 1.29 is 22.7 Å². The molecule has 3 rings (SSSR count). The number of nitrogens with one attached hydrogen (secondary N) is 1. The number of methoxy groups -OCH3 is 1. The number of carbonyl (C=O) groups is 1. The second-order valence-electron chi connectivity index (χ2n) is 6.34. The number of anilines is 2. The maximum absolute atomic E-state index is 12.8. The molecule has 1 N–H and O–H groups in total. The van der Waals surface area contributed by atoms with Crippen LogP contribution in [0.5, 0.6) is 5.75 Å². The lowest BCUT2D eigenvalue weighted by Gasteiger charge is -2.27. The molecule has 0 saturated carbocycles. The fourth-order valence-electron chi connectivity index (χ4n) is 2.84. The van der Waals surface area contributed by atoms with Gasteiger partial charge in [0.15, 0.2) is 0 Å². The van der Waals surface area contributed by atoms with Crippen LogP contribution in [0.4, 0.5) is 11.4 Å². The van der Waals surface area contributed by atoms with Crippen LogP contribution in [-0.4, -0.2) is 41.2 Å². The highest BCUT2D eigenvalue weighted by Crippen LogP contribution is 2.29. The summed E-state index contributed by atoms with van der Waals surface area (Å²) >= 11 is 0. The van der Waals surface area contributed by atoms with Gasteiger partial charge in [0, 0.05) is 17.9 Å². The molecular formula is C19H22N2O5S. The lowest BCUT2D eigenvalue weighted by atomic mass is 10.1. The first-order valence-corrected chi connectivity index (χ1v) is 9.96. The van der Waals surface area contributed by atoms with Crippen LogP contribution in [0.15, 0.2) is 41.3 Å². The first kappa shape index (κ1) is 19.2. The Morgan fingerprint density at radius 3 is 2.41 bits per heavy atom. The molecule has 27 heavy (non-hydrogen) atoms. The van der Waals surface area contributed by atoms with Crippen LogP contribution in [0.2, 0.25) is 0 Å². The molecule has 0 spiro atoms. The van der Waals surface area contributed by atoms with E-state index >= 15 is 0 Å². The predicted octanol–water partition coefficient (Wildman–Crippen LogP) is 2.48. The lowest BCUT2D eigenvalue weighted by Crippen LogP contribution is -2.41. The Morgan fingerprint density at radius 1 is 1.11 bits per heavy atom. The molecule has 0 aliphatic carbocycles. The van der Waals surface area contributed by atoms with Gasteiger partial charge in [-0.15, -0.1) is 0 Å². The summed E-state index contributed by atoms with van der Waals surface area (Å²) in [5, 5.41) is 0. The summed E-state index contributed by atoms with van der Waals surface area (Å²) in [4.78, 5) is 13.6. The van der Waals surface area contributed by atoms with Gasteiger partial charge in [0.1, 0.15) is 17.3 Å². The average Bonchev–Trinajstić information content (AvgIpc) is 2.64. The molecule has 144 valence electrons. The maximum atomic E-state index is 12.8. The van der Waals surface area contributed by atoms with Gasteiger partial charge in [0.25, 0.3) is 15.9 Å². The number of nitrogens with zero attached hydrogens (tertiary/aromatic N) is 1. The van der Waals surface area contributed by atoms with Gasteiger partial charge in [-0.3, -0.25) is 9.52 Å². The minimum atomic E-state index is -3.82. The van der Waals surface area contributed by atoms with E-state index < -0.39 is 10.0 Å². The van der Waals surface area contributed by atoms with E-state index in [0.29, 0.717) is 30.3 Å². The molecule has 0 radical (unpaired) electrons. The Labute approximate surface area is 158 Å². The Hall–Kier alpha value is -2.58. The number of amides is 1. The van der Waals surface area contributed by atoms with E-state index in [2.05, 4.69) is 4.72 Å². The van der Waals surface area contributed by atoms with Crippen molar-refractivity contribution in [2.45, 2.75) is 18.7 Å². The number of aryl methyl sites for hydroxylation is 2. The van der Waals surface area contributed by atoms with E-state index in [0.717, 1.165) is 11.1 Å². The largest absolute Gasteiger partial charge is 0.495 e. The molecule has 0 aromatic heterocycles. The van der Waals surface area contributed by atoms with Crippen LogP contribution in [0.3, 0.4) is 0 Å². The molecule has 7 nitrogen and oxygen atoms in total. The van der Waals surface area contributed by atoms with Crippen molar-refractivity contribution in [3.63, 3.8) is 0 Å². The van der Waals surface area contributed by atoms with Crippen LogP contribution in [0, 0.1) is 13.8 Å². The van der Waals surface area contributed by atoms with Crippen molar-refractivity contribution in [2.75, 3.05) is 36.5 Å². The molecular weight excluding hydrogens is 368 g/mol. The molecule has 1 fully saturated rings. The molecule has 1 amide bonds. The zero-order valence-electron chi connectivity index (χ0n) is 15.5. The number of benzene rings is 2. The number of morpholine rings is 1. The summed E-state index contributed by atoms with van der Waals surface area (Å²) in [6.45, 7) is 4.76. The second kappa shape index (κ2) is 7.58. The topological polar surface area (TPSA) is 84.9 Å². The van der Waals surface area contributed by atoms with Crippen LogP contribution in [0.1, 0.15) is 11.1 Å². The minimum absolute atomic E-state index is 0.0565. The number of ether oxygens (including phenoxy) is 2. The molecule has 1 aliphatic rings. The Kier molecular flexibility index (Phi) is 5.38. The number of sulfonamides is 1. The zero-order chi connectivity index (χ0) is 19.6. The fourth-order valence-corrected chi connectivity index (χ4v) is 4.14. The van der Waals surface area contributed by atoms with Crippen LogP contribution < -0.4 is 14.4 Å². The monoisotopic (exact) mass is 390 g/mol. The Balaban J connectivity index is 1.84. The van der Waals surface area contributed by atoms with Crippen LogP contribution in [-0.2, 0) is 19.6 Å². The summed E-state index contributed by atoms with van der Waals surface area (Å²) in [6, 6.07) is 9.97. The number of carbonyl (C=O) groups excluding carboxylic acids is 1. The van der Waals surface area contributed by atoms with Gasteiger partial charge in [-0.1, -0.05) is 0 Å². The van der Waals surface area contributed by atoms with E-state index in [-0.39, 0.29) is 17.4 Å².